The van der Waals surface area contributed by atoms with Crippen LogP contribution in [0, 0.1) is 23.9 Å². The van der Waals surface area contributed by atoms with E-state index in [1.165, 1.54) is 141 Å². The molecule has 61 heavy (non-hydrogen) atoms. The molecule has 0 nitrogen and oxygen atoms in total. The van der Waals surface area contributed by atoms with Gasteiger partial charge in [-0.25, -0.2) is 0 Å². The molecule has 0 unspecified atom stereocenters. The van der Waals surface area contributed by atoms with Crippen LogP contribution in [-0.2, 0) is 54.5 Å². The molecule has 0 heterocycles. The number of hydrogen-bond donors (Lipinski definition) is 0. The molecule has 8 aromatic carbocycles. The molecule has 7 heteroatoms. The number of benzene rings is 6. The molecule has 0 amide bonds. The number of rotatable bonds is 10. The Morgan fingerprint density at radius 3 is 1.15 bits per heavy atom. The van der Waals surface area contributed by atoms with Crippen molar-refractivity contribution in [3.8, 4) is 22.3 Å². The van der Waals surface area contributed by atoms with Crippen molar-refractivity contribution in [2.24, 2.45) is 10.8 Å². The topological polar surface area (TPSA) is 0 Å². The average Bonchev–Trinajstić information content (AvgIpc) is 4.11. The number of halogens is 4. The summed E-state index contributed by atoms with van der Waals surface area (Å²) in [7, 11) is 20.3. The first-order valence-electron chi connectivity index (χ1n) is 21.4. The van der Waals surface area contributed by atoms with E-state index in [-0.39, 0.29) is 0 Å². The summed E-state index contributed by atoms with van der Waals surface area (Å²) >= 11 is -1.65. The van der Waals surface area contributed by atoms with Gasteiger partial charge < -0.3 is 22.6 Å². The molecule has 0 bridgehead atoms. The van der Waals surface area contributed by atoms with Crippen LogP contribution in [0.1, 0.15) is 76.3 Å². The summed E-state index contributed by atoms with van der Waals surface area (Å²) in [5.74, 6) is 0. The Hall–Kier alpha value is -1.80. The van der Waals surface area contributed by atoms with E-state index < -0.39 is 41.7 Å². The third-order valence-corrected chi connectivity index (χ3v) is 12.4. The summed E-state index contributed by atoms with van der Waals surface area (Å²) in [4.78, 5) is 0. The zero-order valence-corrected chi connectivity index (χ0v) is 44.3. The molecule has 2 aliphatic rings. The van der Waals surface area contributed by atoms with Gasteiger partial charge in [0.25, 0.3) is 0 Å². The number of fused-ring (bicyclic) bond motifs is 4. The first-order valence-corrected chi connectivity index (χ1v) is 35.4. The van der Waals surface area contributed by atoms with Crippen molar-refractivity contribution < 1.29 is 41.7 Å². The summed E-state index contributed by atoms with van der Waals surface area (Å²) in [5.41, 5.74) is 9.70. The molecule has 10 rings (SSSR count). The molecule has 0 saturated heterocycles. The van der Waals surface area contributed by atoms with Crippen LogP contribution < -0.4 is 0 Å². The van der Waals surface area contributed by atoms with E-state index in [1.54, 1.807) is 0 Å². The molecule has 0 aromatic heterocycles. The Kier molecular flexibility index (Phi) is 19.1. The average molecular weight is 1060 g/mol. The van der Waals surface area contributed by atoms with Crippen LogP contribution in [0.3, 0.4) is 0 Å². The monoisotopic (exact) mass is 1050 g/mol. The van der Waals surface area contributed by atoms with E-state index in [2.05, 4.69) is 173 Å². The van der Waals surface area contributed by atoms with Crippen molar-refractivity contribution in [2.45, 2.75) is 78.1 Å². The van der Waals surface area contributed by atoms with Crippen molar-refractivity contribution in [1.29, 1.82) is 0 Å². The molecule has 2 saturated carbocycles. The van der Waals surface area contributed by atoms with Gasteiger partial charge in [-0.3, -0.25) is 0 Å². The Bertz CT molecular complexity index is 2410. The second kappa shape index (κ2) is 23.9. The molecule has 310 valence electrons. The molecule has 0 atom stereocenters. The zero-order valence-electron chi connectivity index (χ0n) is 35.4. The Morgan fingerprint density at radius 1 is 0.492 bits per heavy atom. The minimum absolute atomic E-state index is 0.583. The van der Waals surface area contributed by atoms with E-state index >= 15 is 0 Å². The van der Waals surface area contributed by atoms with Crippen LogP contribution >= 0.6 is 34.1 Å². The van der Waals surface area contributed by atoms with Crippen molar-refractivity contribution in [1.82, 2.24) is 0 Å². The fourth-order valence-electron chi connectivity index (χ4n) is 9.50. The van der Waals surface area contributed by atoms with Crippen LogP contribution in [0.4, 0.5) is 0 Å². The van der Waals surface area contributed by atoms with Gasteiger partial charge in [-0.2, -0.15) is 12.1 Å². The van der Waals surface area contributed by atoms with Crippen molar-refractivity contribution >= 4 is 86.7 Å². The van der Waals surface area contributed by atoms with Gasteiger partial charge in [0, 0.05) is 0 Å². The molecular weight excluding hydrogens is 1000 g/mol. The quantitative estimate of drug-likeness (QED) is 0.0946. The van der Waals surface area contributed by atoms with E-state index in [0.717, 1.165) is 0 Å². The van der Waals surface area contributed by atoms with Crippen molar-refractivity contribution in [3.63, 3.8) is 0 Å². The molecule has 0 aliphatic heterocycles. The van der Waals surface area contributed by atoms with Gasteiger partial charge in [-0.1, -0.05) is 135 Å². The van der Waals surface area contributed by atoms with E-state index in [9.17, 15) is 0 Å². The zero-order chi connectivity index (χ0) is 43.2. The van der Waals surface area contributed by atoms with Gasteiger partial charge in [0.15, 0.2) is 0 Å². The van der Waals surface area contributed by atoms with E-state index in [0.29, 0.717) is 20.3 Å². The molecule has 8 aromatic rings. The second-order valence-electron chi connectivity index (χ2n) is 16.6. The van der Waals surface area contributed by atoms with Crippen LogP contribution in [-0.4, -0.2) is 9.52 Å². The Labute approximate surface area is 405 Å². The molecule has 2 fully saturated rings. The SMILES string of the molecule is CCCC1(Cc2cc3c(-c4cccc5ccccc45)cccc3[cH-]2)CC1.CCCC1(Cc2cc3c(-c4cccc5ccccc45)cccc3[cH-]2)CC1.[CH2-][Si][CH2-].[Cl][Zr+2][Cl].[Cl][Zr+2][Cl]. The third-order valence-electron chi connectivity index (χ3n) is 12.4. The second-order valence-corrected chi connectivity index (χ2v) is 24.6. The van der Waals surface area contributed by atoms with E-state index in [4.69, 9.17) is 34.1 Å². The predicted octanol–water partition coefficient (Wildman–Crippen LogP) is 18.0. The summed E-state index contributed by atoms with van der Waals surface area (Å²) in [6, 6.07) is 54.0. The van der Waals surface area contributed by atoms with Gasteiger partial charge in [-0.15, -0.1) is 69.1 Å². The van der Waals surface area contributed by atoms with Gasteiger partial charge in [0.1, 0.15) is 0 Å². The summed E-state index contributed by atoms with van der Waals surface area (Å²) < 4.78 is 0. The fourth-order valence-corrected chi connectivity index (χ4v) is 9.50. The number of hydrogen-bond acceptors (Lipinski definition) is 0. The fraction of sp³-hybridized carbons (Fsp3) is 0.259. The maximum absolute atomic E-state index is 4.93. The van der Waals surface area contributed by atoms with Gasteiger partial charge in [0.05, 0.1) is 0 Å². The van der Waals surface area contributed by atoms with Crippen molar-refractivity contribution in [3.05, 3.63) is 170 Å². The summed E-state index contributed by atoms with van der Waals surface area (Å²) in [6.45, 7) is 11.4. The van der Waals surface area contributed by atoms with Crippen molar-refractivity contribution in [2.75, 3.05) is 0 Å². The van der Waals surface area contributed by atoms with Crippen LogP contribution in [0.5, 0.6) is 0 Å². The Morgan fingerprint density at radius 2 is 0.803 bits per heavy atom. The normalized spacial score (nSPS) is 13.9. The molecule has 2 aliphatic carbocycles. The van der Waals surface area contributed by atoms with Gasteiger partial charge in [0.2, 0.25) is 0 Å². The predicted molar refractivity (Wildman–Crippen MR) is 265 cm³/mol. The van der Waals surface area contributed by atoms with E-state index in [1.807, 2.05) is 0 Å². The minimum atomic E-state index is -0.826. The van der Waals surface area contributed by atoms with Crippen LogP contribution in [0.25, 0.3) is 65.3 Å². The standard InChI is InChI=1S/2C26H25.C2H4Si.4ClH.2Zr/c2*1-2-13-26(14-15-26)18-19-16-21-9-6-12-24(25(21)17-19)23-11-5-8-20-7-3-4-10-22(20)23;1-3-2;;;;;;/h2*3-12,16-17H,2,13-15,18H2,1H3;1-2H2;4*1H;;/q2*-1;-2;;;;;2*+4/p-4. The van der Waals surface area contributed by atoms with Crippen LogP contribution in [0.15, 0.2) is 146 Å². The third kappa shape index (κ3) is 12.7. The van der Waals surface area contributed by atoms with Gasteiger partial charge in [-0.05, 0) is 94.9 Å². The molecular formula is C54H54Cl4SiZr2. The molecule has 2 radical (unpaired) electrons. The first-order chi connectivity index (χ1) is 29.8. The Balaban J connectivity index is 0.000000171. The first kappa shape index (κ1) is 48.7. The molecule has 0 N–H and O–H groups in total. The van der Waals surface area contributed by atoms with Gasteiger partial charge >= 0.3 is 75.7 Å². The summed E-state index contributed by atoms with van der Waals surface area (Å²) in [5, 5.41) is 10.9. The summed E-state index contributed by atoms with van der Waals surface area (Å²) in [6.07, 6.45) is 13.5. The van der Waals surface area contributed by atoms with Crippen LogP contribution in [0.2, 0.25) is 0 Å². The molecule has 0 spiro atoms. The maximum atomic E-state index is 4.93.